The fraction of sp³-hybridized carbons (Fsp3) is 0.957. The summed E-state index contributed by atoms with van der Waals surface area (Å²) in [5, 5.41) is 0. The zero-order valence-electron chi connectivity index (χ0n) is 19.7. The largest absolute Gasteiger partial charge is 0.379 e. The van der Waals surface area contributed by atoms with Gasteiger partial charge < -0.3 is 20.0 Å². The Morgan fingerprint density at radius 2 is 1.24 bits per heavy atom. The van der Waals surface area contributed by atoms with E-state index in [2.05, 4.69) is 23.6 Å². The predicted octanol–water partition coefficient (Wildman–Crippen LogP) is 3.04. The number of morpholine rings is 2. The lowest BCUT2D eigenvalue weighted by atomic mass is 10.1. The number of hydrogen-bond acceptors (Lipinski definition) is 6. The topological polar surface area (TPSA) is 68.0 Å². The molecule has 0 atom stereocenters. The number of aldehydes is 1. The van der Waals surface area contributed by atoms with Crippen molar-refractivity contribution in [2.75, 3.05) is 72.2 Å². The minimum atomic E-state index is 0.204. The number of rotatable bonds is 10. The van der Waals surface area contributed by atoms with E-state index in [1.54, 1.807) is 0 Å². The maximum absolute atomic E-state index is 9.50. The molecule has 2 aliphatic heterocycles. The second-order valence-corrected chi connectivity index (χ2v) is 8.67. The van der Waals surface area contributed by atoms with E-state index < -0.39 is 0 Å². The normalized spacial score (nSPS) is 18.0. The Morgan fingerprint density at radius 1 is 0.793 bits per heavy atom. The molecule has 0 aliphatic carbocycles. The van der Waals surface area contributed by atoms with Crippen LogP contribution in [-0.2, 0) is 14.3 Å². The third-order valence-corrected chi connectivity index (χ3v) is 4.91. The molecule has 0 spiro atoms. The Morgan fingerprint density at radius 3 is 1.62 bits per heavy atom. The van der Waals surface area contributed by atoms with Crippen LogP contribution in [0, 0.1) is 11.8 Å². The van der Waals surface area contributed by atoms with Gasteiger partial charge in [-0.05, 0) is 38.4 Å². The zero-order chi connectivity index (χ0) is 21.7. The molecular formula is C23H49N3O3. The molecule has 0 aromatic rings. The summed E-state index contributed by atoms with van der Waals surface area (Å²) >= 11 is 0. The van der Waals surface area contributed by atoms with Crippen LogP contribution in [0.4, 0.5) is 0 Å². The van der Waals surface area contributed by atoms with Gasteiger partial charge in [-0.25, -0.2) is 0 Å². The number of hydrogen-bond donors (Lipinski definition) is 1. The molecule has 29 heavy (non-hydrogen) atoms. The Balaban J connectivity index is 0.000000455. The number of nitrogens with two attached hydrogens (primary N) is 1. The third-order valence-electron chi connectivity index (χ3n) is 4.91. The van der Waals surface area contributed by atoms with E-state index in [4.69, 9.17) is 15.2 Å². The van der Waals surface area contributed by atoms with Crippen LogP contribution in [0.3, 0.4) is 0 Å². The van der Waals surface area contributed by atoms with Crippen molar-refractivity contribution in [3.05, 3.63) is 0 Å². The van der Waals surface area contributed by atoms with Gasteiger partial charge in [0.25, 0.3) is 0 Å². The molecular weight excluding hydrogens is 366 g/mol. The number of carbonyl (C=O) groups excluding carboxylic acids is 1. The van der Waals surface area contributed by atoms with Crippen LogP contribution in [0.1, 0.15) is 59.8 Å². The Kier molecular flexibility index (Phi) is 20.4. The summed E-state index contributed by atoms with van der Waals surface area (Å²) in [6, 6.07) is 0. The lowest BCUT2D eigenvalue weighted by molar-refractivity contribution is -0.110. The molecule has 2 saturated heterocycles. The fourth-order valence-corrected chi connectivity index (χ4v) is 3.03. The summed E-state index contributed by atoms with van der Waals surface area (Å²) in [6.45, 7) is 19.7. The molecule has 2 N–H and O–H groups in total. The lowest BCUT2D eigenvalue weighted by Gasteiger charge is -2.26. The molecule has 0 saturated carbocycles. The first-order valence-corrected chi connectivity index (χ1v) is 11.7. The van der Waals surface area contributed by atoms with Crippen LogP contribution in [0.2, 0.25) is 0 Å². The summed E-state index contributed by atoms with van der Waals surface area (Å²) in [6.07, 6.45) is 7.59. The molecule has 2 aliphatic rings. The minimum absolute atomic E-state index is 0.204. The van der Waals surface area contributed by atoms with E-state index >= 15 is 0 Å². The standard InChI is InChI=1S/C12H25NO.C7H16N2O.C4H8O/c1-12(2)6-4-3-5-7-13-8-10-14-11-9-13;8-2-1-3-9-4-6-10-7-5-9;1-4(2)3-5/h12H,3-11H2,1-2H3;1-8H2;3-4H,1-2H3. The fourth-order valence-electron chi connectivity index (χ4n) is 3.03. The van der Waals surface area contributed by atoms with E-state index in [-0.39, 0.29) is 5.92 Å². The van der Waals surface area contributed by atoms with E-state index in [0.29, 0.717) is 0 Å². The Bertz CT molecular complexity index is 342. The first-order valence-electron chi connectivity index (χ1n) is 11.7. The van der Waals surface area contributed by atoms with Crippen molar-refractivity contribution in [2.24, 2.45) is 17.6 Å². The monoisotopic (exact) mass is 415 g/mol. The van der Waals surface area contributed by atoms with Crippen molar-refractivity contribution >= 4 is 6.29 Å². The first kappa shape index (κ1) is 28.5. The second-order valence-electron chi connectivity index (χ2n) is 8.67. The summed E-state index contributed by atoms with van der Waals surface area (Å²) in [4.78, 5) is 14.4. The Hall–Kier alpha value is -0.530. The molecule has 0 unspecified atom stereocenters. The van der Waals surface area contributed by atoms with Crippen molar-refractivity contribution in [2.45, 2.75) is 59.8 Å². The molecule has 0 amide bonds. The third kappa shape index (κ3) is 20.5. The van der Waals surface area contributed by atoms with Gasteiger partial charge in [-0.3, -0.25) is 9.80 Å². The Labute approximate surface area is 180 Å². The summed E-state index contributed by atoms with van der Waals surface area (Å²) in [5.41, 5.74) is 5.39. The maximum atomic E-state index is 9.50. The highest BCUT2D eigenvalue weighted by Crippen LogP contribution is 2.09. The van der Waals surface area contributed by atoms with E-state index in [1.807, 2.05) is 13.8 Å². The molecule has 0 radical (unpaired) electrons. The SMILES string of the molecule is CC(C)C=O.CC(C)CCCCCN1CCOCC1.NCCCN1CCOCC1. The van der Waals surface area contributed by atoms with Crippen LogP contribution < -0.4 is 5.73 Å². The minimum Gasteiger partial charge on any atom is -0.379 e. The number of unbranched alkanes of at least 4 members (excludes halogenated alkanes) is 2. The van der Waals surface area contributed by atoms with Gasteiger partial charge in [0.2, 0.25) is 0 Å². The van der Waals surface area contributed by atoms with Gasteiger partial charge in [-0.1, -0.05) is 47.0 Å². The van der Waals surface area contributed by atoms with Crippen molar-refractivity contribution in [1.29, 1.82) is 0 Å². The van der Waals surface area contributed by atoms with Crippen molar-refractivity contribution in [3.63, 3.8) is 0 Å². The van der Waals surface area contributed by atoms with Crippen LogP contribution in [0.25, 0.3) is 0 Å². The number of ether oxygens (including phenoxy) is 2. The smallest absolute Gasteiger partial charge is 0.122 e. The maximum Gasteiger partial charge on any atom is 0.122 e. The quantitative estimate of drug-likeness (QED) is 0.437. The highest BCUT2D eigenvalue weighted by atomic mass is 16.5. The molecule has 0 aromatic heterocycles. The van der Waals surface area contributed by atoms with Gasteiger partial charge >= 0.3 is 0 Å². The summed E-state index contributed by atoms with van der Waals surface area (Å²) < 4.78 is 10.5. The van der Waals surface area contributed by atoms with Gasteiger partial charge in [-0.15, -0.1) is 0 Å². The average molecular weight is 416 g/mol. The molecule has 0 aromatic carbocycles. The van der Waals surface area contributed by atoms with Crippen molar-refractivity contribution in [3.8, 4) is 0 Å². The van der Waals surface area contributed by atoms with E-state index in [0.717, 1.165) is 84.3 Å². The van der Waals surface area contributed by atoms with Crippen LogP contribution >= 0.6 is 0 Å². The highest BCUT2D eigenvalue weighted by molar-refractivity contribution is 5.51. The predicted molar refractivity (Wildman–Crippen MR) is 122 cm³/mol. The molecule has 6 nitrogen and oxygen atoms in total. The van der Waals surface area contributed by atoms with Gasteiger partial charge in [0.15, 0.2) is 0 Å². The molecule has 6 heteroatoms. The van der Waals surface area contributed by atoms with Gasteiger partial charge in [0.1, 0.15) is 6.29 Å². The van der Waals surface area contributed by atoms with Gasteiger partial charge in [0.05, 0.1) is 26.4 Å². The van der Waals surface area contributed by atoms with Crippen molar-refractivity contribution in [1.82, 2.24) is 9.80 Å². The molecule has 0 bridgehead atoms. The lowest BCUT2D eigenvalue weighted by Crippen LogP contribution is -2.37. The zero-order valence-corrected chi connectivity index (χ0v) is 19.7. The average Bonchev–Trinajstić information content (AvgIpc) is 2.74. The summed E-state index contributed by atoms with van der Waals surface area (Å²) in [5.74, 6) is 1.08. The van der Waals surface area contributed by atoms with Crippen LogP contribution in [0.5, 0.6) is 0 Å². The highest BCUT2D eigenvalue weighted by Gasteiger charge is 2.09. The van der Waals surface area contributed by atoms with Crippen LogP contribution in [0.15, 0.2) is 0 Å². The molecule has 174 valence electrons. The van der Waals surface area contributed by atoms with Gasteiger partial charge in [-0.2, -0.15) is 0 Å². The molecule has 2 heterocycles. The van der Waals surface area contributed by atoms with Crippen molar-refractivity contribution < 1.29 is 14.3 Å². The number of nitrogens with zero attached hydrogens (tertiary/aromatic N) is 2. The molecule has 2 rings (SSSR count). The van der Waals surface area contributed by atoms with E-state index in [9.17, 15) is 4.79 Å². The molecule has 2 fully saturated rings. The van der Waals surface area contributed by atoms with E-state index in [1.165, 1.54) is 32.2 Å². The summed E-state index contributed by atoms with van der Waals surface area (Å²) in [7, 11) is 0. The first-order chi connectivity index (χ1) is 14.0. The van der Waals surface area contributed by atoms with Gasteiger partial charge in [0, 0.05) is 32.1 Å². The number of carbonyl (C=O) groups is 1. The second kappa shape index (κ2) is 20.7. The van der Waals surface area contributed by atoms with Crippen LogP contribution in [-0.4, -0.2) is 88.3 Å².